The first-order valence-corrected chi connectivity index (χ1v) is 10.6. The van der Waals surface area contributed by atoms with Gasteiger partial charge in [-0.3, -0.25) is 0 Å². The molecule has 2 aliphatic heterocycles. The van der Waals surface area contributed by atoms with Gasteiger partial charge in [-0.25, -0.2) is 0 Å². The molecule has 0 amide bonds. The molecular weight excluding hydrogens is 413 g/mol. The highest BCUT2D eigenvalue weighted by Crippen LogP contribution is 2.45. The topological polar surface area (TPSA) is 62.2 Å². The number of methoxy groups -OCH3 is 1. The molecule has 0 radical (unpaired) electrons. The summed E-state index contributed by atoms with van der Waals surface area (Å²) in [5, 5.41) is 22.2. The third-order valence-electron chi connectivity index (χ3n) is 5.99. The van der Waals surface area contributed by atoms with Crippen molar-refractivity contribution in [3.63, 3.8) is 0 Å². The molecule has 7 heteroatoms. The standard InChI is InChI=1S/C22H25Cl2NO4/c1-28-15-3-5-21-16(11-15)19(26)12-22(29-21)6-8-25(9-7-22)13-20(27)14-2-4-17(23)18(24)10-14/h2-5,10-11,19-20,26-27H,6-9,12-13H2,1H3/t19-,20+/m1/s1. The first-order chi connectivity index (χ1) is 13.9. The van der Waals surface area contributed by atoms with Crippen LogP contribution < -0.4 is 9.47 Å². The summed E-state index contributed by atoms with van der Waals surface area (Å²) in [6.45, 7) is 2.09. The van der Waals surface area contributed by atoms with Gasteiger partial charge in [-0.05, 0) is 48.7 Å². The minimum absolute atomic E-state index is 0.369. The summed E-state index contributed by atoms with van der Waals surface area (Å²) < 4.78 is 11.6. The largest absolute Gasteiger partial charge is 0.497 e. The fourth-order valence-corrected chi connectivity index (χ4v) is 4.57. The Labute approximate surface area is 180 Å². The molecule has 156 valence electrons. The molecule has 0 bridgehead atoms. The number of aliphatic hydroxyl groups is 2. The van der Waals surface area contributed by atoms with Crippen molar-refractivity contribution in [1.82, 2.24) is 4.90 Å². The Balaban J connectivity index is 1.39. The van der Waals surface area contributed by atoms with E-state index in [0.717, 1.165) is 42.8 Å². The van der Waals surface area contributed by atoms with Crippen molar-refractivity contribution in [2.45, 2.75) is 37.1 Å². The summed E-state index contributed by atoms with van der Waals surface area (Å²) in [5.41, 5.74) is 1.17. The van der Waals surface area contributed by atoms with Gasteiger partial charge in [-0.2, -0.15) is 0 Å². The molecule has 2 atom stereocenters. The summed E-state index contributed by atoms with van der Waals surface area (Å²) in [6.07, 6.45) is 0.955. The van der Waals surface area contributed by atoms with Crippen LogP contribution in [0.1, 0.15) is 42.6 Å². The highest BCUT2D eigenvalue weighted by Gasteiger charge is 2.43. The molecule has 1 fully saturated rings. The molecule has 1 saturated heterocycles. The van der Waals surface area contributed by atoms with E-state index in [0.29, 0.717) is 28.8 Å². The second kappa shape index (κ2) is 8.32. The maximum Gasteiger partial charge on any atom is 0.126 e. The average molecular weight is 438 g/mol. The van der Waals surface area contributed by atoms with Gasteiger partial charge >= 0.3 is 0 Å². The zero-order valence-electron chi connectivity index (χ0n) is 16.3. The number of ether oxygens (including phenoxy) is 2. The first kappa shape index (κ1) is 20.8. The molecule has 2 N–H and O–H groups in total. The number of nitrogens with zero attached hydrogens (tertiary/aromatic N) is 1. The van der Waals surface area contributed by atoms with Crippen LogP contribution in [0.3, 0.4) is 0 Å². The van der Waals surface area contributed by atoms with Crippen molar-refractivity contribution in [3.8, 4) is 11.5 Å². The van der Waals surface area contributed by atoms with Gasteiger partial charge in [0.1, 0.15) is 17.1 Å². The summed E-state index contributed by atoms with van der Waals surface area (Å²) in [5.74, 6) is 1.45. The zero-order valence-corrected chi connectivity index (χ0v) is 17.8. The normalized spacial score (nSPS) is 22.0. The van der Waals surface area contributed by atoms with Gasteiger partial charge < -0.3 is 24.6 Å². The minimum Gasteiger partial charge on any atom is -0.497 e. The number of β-amino-alcohol motifs (C(OH)–C–C–N with tert-alkyl or cyclic N) is 1. The lowest BCUT2D eigenvalue weighted by molar-refractivity contribution is -0.0588. The van der Waals surface area contributed by atoms with Gasteiger partial charge in [0.25, 0.3) is 0 Å². The lowest BCUT2D eigenvalue weighted by Crippen LogP contribution is -2.51. The van der Waals surface area contributed by atoms with Crippen LogP contribution in [-0.4, -0.2) is 47.5 Å². The van der Waals surface area contributed by atoms with E-state index in [1.807, 2.05) is 18.2 Å². The lowest BCUT2D eigenvalue weighted by atomic mass is 9.81. The van der Waals surface area contributed by atoms with Gasteiger partial charge in [0.15, 0.2) is 0 Å². The van der Waals surface area contributed by atoms with E-state index in [1.165, 1.54) is 0 Å². The first-order valence-electron chi connectivity index (χ1n) is 9.79. The fourth-order valence-electron chi connectivity index (χ4n) is 4.26. The molecular formula is C22H25Cl2NO4. The smallest absolute Gasteiger partial charge is 0.126 e. The van der Waals surface area contributed by atoms with E-state index >= 15 is 0 Å². The minimum atomic E-state index is -0.634. The maximum absolute atomic E-state index is 10.7. The van der Waals surface area contributed by atoms with E-state index in [-0.39, 0.29) is 5.60 Å². The lowest BCUT2D eigenvalue weighted by Gasteiger charge is -2.46. The zero-order chi connectivity index (χ0) is 20.6. The van der Waals surface area contributed by atoms with Crippen molar-refractivity contribution in [2.75, 3.05) is 26.7 Å². The van der Waals surface area contributed by atoms with E-state index in [9.17, 15) is 10.2 Å². The van der Waals surface area contributed by atoms with Crippen LogP contribution in [0.15, 0.2) is 36.4 Å². The van der Waals surface area contributed by atoms with E-state index in [1.54, 1.807) is 25.3 Å². The average Bonchev–Trinajstić information content (AvgIpc) is 2.71. The number of aliphatic hydroxyl groups excluding tert-OH is 2. The van der Waals surface area contributed by atoms with Gasteiger partial charge in [-0.1, -0.05) is 29.3 Å². The summed E-state index contributed by atoms with van der Waals surface area (Å²) in [6, 6.07) is 10.8. The van der Waals surface area contributed by atoms with Crippen LogP contribution in [-0.2, 0) is 0 Å². The molecule has 0 aliphatic carbocycles. The molecule has 0 saturated carbocycles. The second-order valence-electron chi connectivity index (χ2n) is 7.90. The van der Waals surface area contributed by atoms with Crippen LogP contribution in [0.2, 0.25) is 10.0 Å². The Morgan fingerprint density at radius 2 is 1.93 bits per heavy atom. The van der Waals surface area contributed by atoms with Crippen molar-refractivity contribution in [1.29, 1.82) is 0 Å². The van der Waals surface area contributed by atoms with Crippen LogP contribution in [0.4, 0.5) is 0 Å². The van der Waals surface area contributed by atoms with Gasteiger partial charge in [-0.15, -0.1) is 0 Å². The van der Waals surface area contributed by atoms with E-state index < -0.39 is 12.2 Å². The number of fused-ring (bicyclic) bond motifs is 1. The fraction of sp³-hybridized carbons (Fsp3) is 0.455. The van der Waals surface area contributed by atoms with Crippen LogP contribution in [0.5, 0.6) is 11.5 Å². The molecule has 2 aromatic carbocycles. The monoisotopic (exact) mass is 437 g/mol. The van der Waals surface area contributed by atoms with Gasteiger partial charge in [0.05, 0.1) is 29.4 Å². The molecule has 1 spiro atoms. The van der Waals surface area contributed by atoms with Gasteiger partial charge in [0.2, 0.25) is 0 Å². The number of hydrogen-bond donors (Lipinski definition) is 2. The number of benzene rings is 2. The molecule has 29 heavy (non-hydrogen) atoms. The Hall–Kier alpha value is -1.50. The van der Waals surface area contributed by atoms with E-state index in [4.69, 9.17) is 32.7 Å². The Kier molecular flexibility index (Phi) is 5.96. The number of likely N-dealkylation sites (tertiary alicyclic amines) is 1. The molecule has 2 aliphatic rings. The predicted molar refractivity (Wildman–Crippen MR) is 113 cm³/mol. The third kappa shape index (κ3) is 4.35. The molecule has 2 aromatic rings. The summed E-state index contributed by atoms with van der Waals surface area (Å²) in [4.78, 5) is 2.22. The SMILES string of the molecule is COc1ccc2c(c1)[C@H](O)CC1(CCN(C[C@H](O)c3ccc(Cl)c(Cl)c3)CC1)O2. The summed E-state index contributed by atoms with van der Waals surface area (Å²) >= 11 is 12.0. The third-order valence-corrected chi connectivity index (χ3v) is 6.73. The molecule has 2 heterocycles. The Bertz CT molecular complexity index is 883. The highest BCUT2D eigenvalue weighted by atomic mass is 35.5. The molecule has 0 aromatic heterocycles. The Morgan fingerprint density at radius 3 is 2.62 bits per heavy atom. The number of piperidine rings is 1. The second-order valence-corrected chi connectivity index (χ2v) is 8.71. The van der Waals surface area contributed by atoms with Gasteiger partial charge in [0, 0.05) is 31.6 Å². The number of rotatable bonds is 4. The molecule has 4 rings (SSSR count). The van der Waals surface area contributed by atoms with Crippen LogP contribution in [0, 0.1) is 0 Å². The van der Waals surface area contributed by atoms with Crippen molar-refractivity contribution >= 4 is 23.2 Å². The highest BCUT2D eigenvalue weighted by molar-refractivity contribution is 6.42. The number of halogens is 2. The van der Waals surface area contributed by atoms with Crippen LogP contribution >= 0.6 is 23.2 Å². The predicted octanol–water partition coefficient (Wildman–Crippen LogP) is 4.39. The number of hydrogen-bond acceptors (Lipinski definition) is 5. The van der Waals surface area contributed by atoms with Crippen molar-refractivity contribution in [3.05, 3.63) is 57.6 Å². The maximum atomic E-state index is 10.7. The van der Waals surface area contributed by atoms with Crippen molar-refractivity contribution in [2.24, 2.45) is 0 Å². The van der Waals surface area contributed by atoms with Crippen LogP contribution in [0.25, 0.3) is 0 Å². The quantitative estimate of drug-likeness (QED) is 0.742. The Morgan fingerprint density at radius 1 is 1.17 bits per heavy atom. The van der Waals surface area contributed by atoms with E-state index in [2.05, 4.69) is 4.90 Å². The molecule has 0 unspecified atom stereocenters. The molecule has 5 nitrogen and oxygen atoms in total. The summed E-state index contributed by atoms with van der Waals surface area (Å²) in [7, 11) is 1.61. The van der Waals surface area contributed by atoms with Crippen molar-refractivity contribution < 1.29 is 19.7 Å².